The smallest absolute Gasteiger partial charge is 0.258 e. The van der Waals surface area contributed by atoms with Gasteiger partial charge in [0.2, 0.25) is 6.79 Å². The maximum Gasteiger partial charge on any atom is 0.258 e. The van der Waals surface area contributed by atoms with Gasteiger partial charge in [-0.3, -0.25) is 4.79 Å². The molecular weight excluding hydrogens is 320 g/mol. The fourth-order valence-electron chi connectivity index (χ4n) is 2.65. The Morgan fingerprint density at radius 1 is 1.16 bits per heavy atom. The lowest BCUT2D eigenvalue weighted by molar-refractivity contribution is -0.123. The molecule has 6 heteroatoms. The summed E-state index contributed by atoms with van der Waals surface area (Å²) >= 11 is 0. The summed E-state index contributed by atoms with van der Waals surface area (Å²) < 4.78 is 16.2. The zero-order valence-electron chi connectivity index (χ0n) is 14.4. The number of likely N-dealkylation sites (N-methyl/N-ethyl adjacent to an activating group) is 1. The molecule has 0 unspecified atom stereocenters. The molecule has 0 saturated heterocycles. The van der Waals surface area contributed by atoms with Crippen LogP contribution in [0, 0.1) is 0 Å². The number of rotatable bonds is 7. The summed E-state index contributed by atoms with van der Waals surface area (Å²) in [5.41, 5.74) is 1.05. The van der Waals surface area contributed by atoms with Crippen molar-refractivity contribution in [2.45, 2.75) is 6.04 Å². The minimum Gasteiger partial charge on any atom is -0.484 e. The molecule has 2 aromatic rings. The van der Waals surface area contributed by atoms with E-state index in [9.17, 15) is 4.79 Å². The minimum absolute atomic E-state index is 0.00863. The van der Waals surface area contributed by atoms with E-state index in [1.807, 2.05) is 62.6 Å². The molecule has 132 valence electrons. The summed E-state index contributed by atoms with van der Waals surface area (Å²) in [5, 5.41) is 2.92. The van der Waals surface area contributed by atoms with Crippen molar-refractivity contribution >= 4 is 5.91 Å². The van der Waals surface area contributed by atoms with E-state index in [0.717, 1.165) is 17.1 Å². The van der Waals surface area contributed by atoms with E-state index in [4.69, 9.17) is 14.2 Å². The van der Waals surface area contributed by atoms with E-state index in [1.54, 1.807) is 0 Å². The molecule has 0 bridgehead atoms. The molecule has 2 aromatic carbocycles. The van der Waals surface area contributed by atoms with Crippen LogP contribution in [0.3, 0.4) is 0 Å². The Morgan fingerprint density at radius 3 is 2.68 bits per heavy atom. The Morgan fingerprint density at radius 2 is 1.92 bits per heavy atom. The first kappa shape index (κ1) is 17.1. The van der Waals surface area contributed by atoms with Gasteiger partial charge in [-0.1, -0.05) is 24.3 Å². The molecule has 1 aliphatic rings. The Kier molecular flexibility index (Phi) is 5.40. The van der Waals surface area contributed by atoms with Crippen LogP contribution in [0.5, 0.6) is 17.2 Å². The van der Waals surface area contributed by atoms with Crippen LogP contribution in [-0.2, 0) is 4.79 Å². The Bertz CT molecular complexity index is 719. The highest BCUT2D eigenvalue weighted by molar-refractivity contribution is 5.77. The molecule has 1 amide bonds. The van der Waals surface area contributed by atoms with E-state index in [0.29, 0.717) is 12.3 Å². The number of hydrogen-bond donors (Lipinski definition) is 1. The van der Waals surface area contributed by atoms with Gasteiger partial charge in [0.1, 0.15) is 5.75 Å². The molecular formula is C19H22N2O4. The minimum atomic E-state index is -0.156. The summed E-state index contributed by atoms with van der Waals surface area (Å²) in [7, 11) is 3.95. The third-order valence-electron chi connectivity index (χ3n) is 4.01. The predicted molar refractivity (Wildman–Crippen MR) is 93.9 cm³/mol. The lowest BCUT2D eigenvalue weighted by atomic mass is 10.1. The molecule has 0 aliphatic carbocycles. The van der Waals surface area contributed by atoms with Crippen molar-refractivity contribution in [3.63, 3.8) is 0 Å². The Hall–Kier alpha value is -2.73. The quantitative estimate of drug-likeness (QED) is 0.836. The molecule has 3 rings (SSSR count). The van der Waals surface area contributed by atoms with E-state index in [1.165, 1.54) is 0 Å². The van der Waals surface area contributed by atoms with Gasteiger partial charge in [-0.15, -0.1) is 0 Å². The van der Waals surface area contributed by atoms with Gasteiger partial charge in [0.15, 0.2) is 18.1 Å². The van der Waals surface area contributed by atoms with Gasteiger partial charge in [0.05, 0.1) is 6.04 Å². The SMILES string of the molecule is CN(C)[C@H](CNC(=O)COc1ccccc1)c1ccc2c(c1)OCO2. The highest BCUT2D eigenvalue weighted by Crippen LogP contribution is 2.34. The van der Waals surface area contributed by atoms with E-state index >= 15 is 0 Å². The van der Waals surface area contributed by atoms with E-state index in [2.05, 4.69) is 10.2 Å². The topological polar surface area (TPSA) is 60.0 Å². The van der Waals surface area contributed by atoms with Crippen LogP contribution >= 0.6 is 0 Å². The number of nitrogens with zero attached hydrogens (tertiary/aromatic N) is 1. The van der Waals surface area contributed by atoms with Crippen molar-refractivity contribution in [1.29, 1.82) is 0 Å². The van der Waals surface area contributed by atoms with Crippen LogP contribution in [0.1, 0.15) is 11.6 Å². The number of para-hydroxylation sites is 1. The van der Waals surface area contributed by atoms with Gasteiger partial charge in [-0.05, 0) is 43.9 Å². The second kappa shape index (κ2) is 7.90. The molecule has 1 atom stereocenters. The first-order valence-corrected chi connectivity index (χ1v) is 8.14. The highest BCUT2D eigenvalue weighted by atomic mass is 16.7. The van der Waals surface area contributed by atoms with Gasteiger partial charge in [0.25, 0.3) is 5.91 Å². The van der Waals surface area contributed by atoms with Crippen molar-refractivity contribution in [1.82, 2.24) is 10.2 Å². The average Bonchev–Trinajstić information content (AvgIpc) is 3.08. The number of ether oxygens (including phenoxy) is 3. The largest absolute Gasteiger partial charge is 0.484 e. The van der Waals surface area contributed by atoms with Crippen LogP contribution in [0.25, 0.3) is 0 Å². The number of benzene rings is 2. The summed E-state index contributed by atoms with van der Waals surface area (Å²) in [5.74, 6) is 2.01. The van der Waals surface area contributed by atoms with Crippen molar-refractivity contribution in [3.8, 4) is 17.2 Å². The van der Waals surface area contributed by atoms with Gasteiger partial charge < -0.3 is 24.4 Å². The zero-order chi connectivity index (χ0) is 17.6. The molecule has 6 nitrogen and oxygen atoms in total. The van der Waals surface area contributed by atoms with Crippen LogP contribution in [0.15, 0.2) is 48.5 Å². The van der Waals surface area contributed by atoms with Crippen molar-refractivity contribution in [2.75, 3.05) is 34.0 Å². The molecule has 0 fully saturated rings. The highest BCUT2D eigenvalue weighted by Gasteiger charge is 2.20. The number of carbonyl (C=O) groups excluding carboxylic acids is 1. The molecule has 0 aromatic heterocycles. The molecule has 1 heterocycles. The van der Waals surface area contributed by atoms with E-state index < -0.39 is 0 Å². The fraction of sp³-hybridized carbons (Fsp3) is 0.316. The lowest BCUT2D eigenvalue weighted by Gasteiger charge is -2.25. The summed E-state index contributed by atoms with van der Waals surface area (Å²) in [6, 6.07) is 15.2. The normalized spacial score (nSPS) is 13.6. The molecule has 25 heavy (non-hydrogen) atoms. The summed E-state index contributed by atoms with van der Waals surface area (Å²) in [4.78, 5) is 14.1. The standard InChI is InChI=1S/C19H22N2O4/c1-21(2)16(14-8-9-17-18(10-14)25-13-24-17)11-20-19(22)12-23-15-6-4-3-5-7-15/h3-10,16H,11-13H2,1-2H3,(H,20,22)/t16-/m1/s1. The van der Waals surface area contributed by atoms with Crippen LogP contribution in [-0.4, -0.2) is 44.8 Å². The second-order valence-electron chi connectivity index (χ2n) is 6.00. The van der Waals surface area contributed by atoms with Gasteiger partial charge in [-0.2, -0.15) is 0 Å². The molecule has 0 saturated carbocycles. The molecule has 0 radical (unpaired) electrons. The van der Waals surface area contributed by atoms with Crippen molar-refractivity contribution in [2.24, 2.45) is 0 Å². The number of carbonyl (C=O) groups is 1. The molecule has 1 N–H and O–H groups in total. The van der Waals surface area contributed by atoms with Crippen molar-refractivity contribution < 1.29 is 19.0 Å². The number of nitrogens with one attached hydrogen (secondary N) is 1. The zero-order valence-corrected chi connectivity index (χ0v) is 14.4. The summed E-state index contributed by atoms with van der Waals surface area (Å²) in [6.07, 6.45) is 0. The lowest BCUT2D eigenvalue weighted by Crippen LogP contribution is -2.36. The Balaban J connectivity index is 1.56. The van der Waals surface area contributed by atoms with Crippen molar-refractivity contribution in [3.05, 3.63) is 54.1 Å². The van der Waals surface area contributed by atoms with Gasteiger partial charge >= 0.3 is 0 Å². The van der Waals surface area contributed by atoms with Gasteiger partial charge in [0, 0.05) is 6.54 Å². The average molecular weight is 342 g/mol. The molecule has 1 aliphatic heterocycles. The van der Waals surface area contributed by atoms with Crippen LogP contribution in [0.2, 0.25) is 0 Å². The fourth-order valence-corrected chi connectivity index (χ4v) is 2.65. The monoisotopic (exact) mass is 342 g/mol. The van der Waals surface area contributed by atoms with Gasteiger partial charge in [-0.25, -0.2) is 0 Å². The second-order valence-corrected chi connectivity index (χ2v) is 6.00. The first-order chi connectivity index (χ1) is 12.1. The summed E-state index contributed by atoms with van der Waals surface area (Å²) in [6.45, 7) is 0.716. The Labute approximate surface area is 147 Å². The first-order valence-electron chi connectivity index (χ1n) is 8.14. The van der Waals surface area contributed by atoms with E-state index in [-0.39, 0.29) is 25.3 Å². The number of amides is 1. The third-order valence-corrected chi connectivity index (χ3v) is 4.01. The van der Waals surface area contributed by atoms with Crippen LogP contribution < -0.4 is 19.5 Å². The van der Waals surface area contributed by atoms with Crippen LogP contribution in [0.4, 0.5) is 0 Å². The predicted octanol–water partition coefficient (Wildman–Crippen LogP) is 2.21. The number of hydrogen-bond acceptors (Lipinski definition) is 5. The maximum atomic E-state index is 12.1. The number of fused-ring (bicyclic) bond motifs is 1. The molecule has 0 spiro atoms. The maximum absolute atomic E-state index is 12.1. The third kappa shape index (κ3) is 4.42.